The predicted molar refractivity (Wildman–Crippen MR) is 105 cm³/mol. The first kappa shape index (κ1) is 15.8. The van der Waals surface area contributed by atoms with Gasteiger partial charge in [-0.15, -0.1) is 0 Å². The third kappa shape index (κ3) is 3.39. The monoisotopic (exact) mass is 350 g/mol. The van der Waals surface area contributed by atoms with E-state index in [9.17, 15) is 4.79 Å². The molecular formula is C19H18N4OS. The number of nitrogens with zero attached hydrogens (tertiary/aromatic N) is 2. The van der Waals surface area contributed by atoms with Gasteiger partial charge in [0.25, 0.3) is 0 Å². The summed E-state index contributed by atoms with van der Waals surface area (Å²) in [5.41, 5.74) is 5.00. The van der Waals surface area contributed by atoms with E-state index >= 15 is 0 Å². The molecule has 0 fully saturated rings. The lowest BCUT2D eigenvalue weighted by molar-refractivity contribution is 0.262. The molecule has 0 bridgehead atoms. The summed E-state index contributed by atoms with van der Waals surface area (Å²) in [5, 5.41) is 8.89. The van der Waals surface area contributed by atoms with Gasteiger partial charge >= 0.3 is 6.03 Å². The Kier molecular flexibility index (Phi) is 4.19. The summed E-state index contributed by atoms with van der Waals surface area (Å²) in [6, 6.07) is 15.3. The average Bonchev–Trinajstić information content (AvgIpc) is 3.21. The molecule has 6 heteroatoms. The maximum atomic E-state index is 12.1. The molecule has 0 radical (unpaired) electrons. The van der Waals surface area contributed by atoms with Crippen molar-refractivity contribution in [3.05, 3.63) is 65.1 Å². The number of aliphatic imine (C=N–C) groups is 1. The van der Waals surface area contributed by atoms with E-state index in [0.717, 1.165) is 40.8 Å². The van der Waals surface area contributed by atoms with Gasteiger partial charge in [0.1, 0.15) is 0 Å². The molecule has 2 aromatic rings. The lowest BCUT2D eigenvalue weighted by Gasteiger charge is -2.17. The van der Waals surface area contributed by atoms with Crippen LogP contribution in [0.3, 0.4) is 0 Å². The SMILES string of the molecule is Cc1ccc(NC(=O)Nc2ccc(C3=CSC4=NCCN34)cc2)cc1. The van der Waals surface area contributed by atoms with E-state index in [0.29, 0.717) is 0 Å². The van der Waals surface area contributed by atoms with Crippen LogP contribution in [0.25, 0.3) is 5.70 Å². The fourth-order valence-electron chi connectivity index (χ4n) is 2.80. The Labute approximate surface area is 150 Å². The lowest BCUT2D eigenvalue weighted by atomic mass is 10.1. The van der Waals surface area contributed by atoms with E-state index < -0.39 is 0 Å². The second-order valence-electron chi connectivity index (χ2n) is 5.96. The number of anilines is 2. The molecular weight excluding hydrogens is 332 g/mol. The van der Waals surface area contributed by atoms with Crippen molar-refractivity contribution in [1.29, 1.82) is 0 Å². The molecule has 4 rings (SSSR count). The fourth-order valence-corrected chi connectivity index (χ4v) is 3.76. The maximum Gasteiger partial charge on any atom is 0.323 e. The summed E-state index contributed by atoms with van der Waals surface area (Å²) < 4.78 is 0. The Morgan fingerprint density at radius 3 is 2.36 bits per heavy atom. The van der Waals surface area contributed by atoms with E-state index in [1.54, 1.807) is 11.8 Å². The summed E-state index contributed by atoms with van der Waals surface area (Å²) in [6.45, 7) is 3.81. The molecule has 25 heavy (non-hydrogen) atoms. The number of thioether (sulfide) groups is 1. The van der Waals surface area contributed by atoms with Crippen molar-refractivity contribution in [2.45, 2.75) is 6.92 Å². The number of amidine groups is 1. The molecule has 2 amide bonds. The average molecular weight is 350 g/mol. The first-order valence-electron chi connectivity index (χ1n) is 8.13. The zero-order valence-electron chi connectivity index (χ0n) is 13.8. The molecule has 0 saturated carbocycles. The van der Waals surface area contributed by atoms with Crippen LogP contribution in [0, 0.1) is 6.92 Å². The Morgan fingerprint density at radius 2 is 1.68 bits per heavy atom. The predicted octanol–water partition coefficient (Wildman–Crippen LogP) is 4.36. The molecule has 0 atom stereocenters. The van der Waals surface area contributed by atoms with Gasteiger partial charge in [0.15, 0.2) is 5.17 Å². The van der Waals surface area contributed by atoms with Crippen LogP contribution in [0.15, 0.2) is 58.9 Å². The van der Waals surface area contributed by atoms with Crippen LogP contribution >= 0.6 is 11.8 Å². The minimum absolute atomic E-state index is 0.249. The largest absolute Gasteiger partial charge is 0.323 e. The summed E-state index contributed by atoms with van der Waals surface area (Å²) in [6.07, 6.45) is 0. The lowest BCUT2D eigenvalue weighted by Crippen LogP contribution is -2.20. The fraction of sp³-hybridized carbons (Fsp3) is 0.158. The Hall–Kier alpha value is -2.73. The molecule has 0 unspecified atom stereocenters. The van der Waals surface area contributed by atoms with Crippen molar-refractivity contribution >= 4 is 40.0 Å². The number of urea groups is 1. The molecule has 126 valence electrons. The van der Waals surface area contributed by atoms with Crippen LogP contribution in [-0.4, -0.2) is 29.2 Å². The van der Waals surface area contributed by atoms with Crippen molar-refractivity contribution < 1.29 is 4.79 Å². The standard InChI is InChI=1S/C19H18N4OS/c1-13-2-6-15(7-3-13)21-18(24)22-16-8-4-14(5-9-16)17-12-25-19-20-10-11-23(17)19/h2-9,12H,10-11H2,1H3,(H2,21,22,24). The highest BCUT2D eigenvalue weighted by Gasteiger charge is 2.26. The van der Waals surface area contributed by atoms with Crippen molar-refractivity contribution in [3.8, 4) is 0 Å². The maximum absolute atomic E-state index is 12.1. The zero-order valence-corrected chi connectivity index (χ0v) is 14.6. The van der Waals surface area contributed by atoms with Gasteiger partial charge in [-0.25, -0.2) is 4.79 Å². The second kappa shape index (κ2) is 6.64. The number of hydrogen-bond donors (Lipinski definition) is 2. The quantitative estimate of drug-likeness (QED) is 0.865. The van der Waals surface area contributed by atoms with Gasteiger partial charge in [-0.2, -0.15) is 0 Å². The number of benzene rings is 2. The van der Waals surface area contributed by atoms with Crippen LogP contribution < -0.4 is 10.6 Å². The minimum atomic E-state index is -0.249. The molecule has 5 nitrogen and oxygen atoms in total. The second-order valence-corrected chi connectivity index (χ2v) is 6.80. The van der Waals surface area contributed by atoms with E-state index in [4.69, 9.17) is 0 Å². The van der Waals surface area contributed by atoms with Gasteiger partial charge in [-0.05, 0) is 36.8 Å². The molecule has 0 aliphatic carbocycles. The van der Waals surface area contributed by atoms with Crippen molar-refractivity contribution in [2.75, 3.05) is 23.7 Å². The Bertz CT molecular complexity index is 856. The number of aryl methyl sites for hydroxylation is 1. The van der Waals surface area contributed by atoms with Crippen LogP contribution in [0.4, 0.5) is 16.2 Å². The van der Waals surface area contributed by atoms with Gasteiger partial charge in [0, 0.05) is 23.3 Å². The number of nitrogens with one attached hydrogen (secondary N) is 2. The van der Waals surface area contributed by atoms with Crippen LogP contribution in [0.2, 0.25) is 0 Å². The number of hydrogen-bond acceptors (Lipinski definition) is 4. The van der Waals surface area contributed by atoms with E-state index in [1.165, 1.54) is 5.70 Å². The molecule has 0 spiro atoms. The van der Waals surface area contributed by atoms with E-state index in [1.807, 2.05) is 55.5 Å². The minimum Gasteiger partial charge on any atom is -0.318 e. The Morgan fingerprint density at radius 1 is 1.04 bits per heavy atom. The molecule has 2 aliphatic heterocycles. The van der Waals surface area contributed by atoms with Crippen molar-refractivity contribution in [3.63, 3.8) is 0 Å². The third-order valence-electron chi connectivity index (χ3n) is 4.12. The number of amides is 2. The van der Waals surface area contributed by atoms with Gasteiger partial charge < -0.3 is 15.5 Å². The third-order valence-corrected chi connectivity index (χ3v) is 5.02. The van der Waals surface area contributed by atoms with E-state index in [-0.39, 0.29) is 6.03 Å². The Balaban J connectivity index is 1.40. The topological polar surface area (TPSA) is 56.7 Å². The van der Waals surface area contributed by atoms with Gasteiger partial charge in [-0.3, -0.25) is 4.99 Å². The van der Waals surface area contributed by atoms with Crippen molar-refractivity contribution in [2.24, 2.45) is 4.99 Å². The summed E-state index contributed by atoms with van der Waals surface area (Å²) >= 11 is 1.67. The highest BCUT2D eigenvalue weighted by atomic mass is 32.2. The summed E-state index contributed by atoms with van der Waals surface area (Å²) in [7, 11) is 0. The normalized spacial score (nSPS) is 15.5. The molecule has 2 N–H and O–H groups in total. The molecule has 2 aliphatic rings. The highest BCUT2D eigenvalue weighted by molar-refractivity contribution is 8.16. The number of carbonyl (C=O) groups excluding carboxylic acids is 1. The first-order chi connectivity index (χ1) is 12.2. The molecule has 2 heterocycles. The molecule has 2 aromatic carbocycles. The van der Waals surface area contributed by atoms with E-state index in [2.05, 4.69) is 25.9 Å². The summed E-state index contributed by atoms with van der Waals surface area (Å²) in [5.74, 6) is 0. The van der Waals surface area contributed by atoms with Gasteiger partial charge in [0.2, 0.25) is 0 Å². The molecule has 0 aromatic heterocycles. The highest BCUT2D eigenvalue weighted by Crippen LogP contribution is 2.35. The van der Waals surface area contributed by atoms with Gasteiger partial charge in [0.05, 0.1) is 12.2 Å². The molecule has 0 saturated heterocycles. The number of carbonyl (C=O) groups is 1. The van der Waals surface area contributed by atoms with Crippen LogP contribution in [0.1, 0.15) is 11.1 Å². The summed E-state index contributed by atoms with van der Waals surface area (Å²) in [4.78, 5) is 18.8. The smallest absolute Gasteiger partial charge is 0.318 e. The van der Waals surface area contributed by atoms with Crippen molar-refractivity contribution in [1.82, 2.24) is 4.90 Å². The number of fused-ring (bicyclic) bond motifs is 1. The zero-order chi connectivity index (χ0) is 17.2. The first-order valence-corrected chi connectivity index (χ1v) is 9.01. The number of rotatable bonds is 3. The van der Waals surface area contributed by atoms with Crippen LogP contribution in [0.5, 0.6) is 0 Å². The van der Waals surface area contributed by atoms with Crippen LogP contribution in [-0.2, 0) is 0 Å². The van der Waals surface area contributed by atoms with Gasteiger partial charge in [-0.1, -0.05) is 41.6 Å².